The Labute approximate surface area is 118 Å². The summed E-state index contributed by atoms with van der Waals surface area (Å²) in [5, 5.41) is 14.2. The largest absolute Gasteiger partial charge is 0.496 e. The average molecular weight is 296 g/mol. The minimum atomic E-state index is -0.702. The molecule has 1 aromatic carbocycles. The van der Waals surface area contributed by atoms with E-state index < -0.39 is 10.7 Å². The fraction of sp³-hybridized carbons (Fsp3) is 0.167. The molecule has 0 saturated carbocycles. The van der Waals surface area contributed by atoms with Crippen molar-refractivity contribution in [2.75, 3.05) is 7.11 Å². The molecule has 0 aliphatic carbocycles. The molecule has 0 unspecified atom stereocenters. The summed E-state index contributed by atoms with van der Waals surface area (Å²) in [7, 11) is 1.46. The molecule has 0 fully saturated rings. The molecule has 0 atom stereocenters. The number of para-hydroxylation sites is 1. The molecule has 0 saturated heterocycles. The number of carbonyl (C=O) groups excluding carboxylic acids is 1. The quantitative estimate of drug-likeness (QED) is 0.480. The van der Waals surface area contributed by atoms with E-state index in [1.54, 1.807) is 24.3 Å². The lowest BCUT2D eigenvalue weighted by molar-refractivity contribution is -0.389. The highest BCUT2D eigenvalue weighted by Crippen LogP contribution is 2.22. The molecular formula is C12H10ClN3O4. The van der Waals surface area contributed by atoms with Gasteiger partial charge in [-0.25, -0.2) is 0 Å². The van der Waals surface area contributed by atoms with Crippen LogP contribution in [0.2, 0.25) is 5.02 Å². The second kappa shape index (κ2) is 5.70. The maximum Gasteiger partial charge on any atom is 0.408 e. The van der Waals surface area contributed by atoms with E-state index in [1.165, 1.54) is 13.3 Å². The minimum absolute atomic E-state index is 0.108. The SMILES string of the molecule is COc1ccccc1C(=O)Cn1cc(Cl)c([N+](=O)[O-])n1. The Morgan fingerprint density at radius 2 is 2.20 bits per heavy atom. The minimum Gasteiger partial charge on any atom is -0.496 e. The van der Waals surface area contributed by atoms with Gasteiger partial charge in [-0.15, -0.1) is 0 Å². The van der Waals surface area contributed by atoms with Gasteiger partial charge in [0.2, 0.25) is 0 Å². The number of Topliss-reactive ketones (excluding diaryl/α,β-unsaturated/α-hetero) is 1. The Kier molecular flexibility index (Phi) is 3.99. The summed E-state index contributed by atoms with van der Waals surface area (Å²) in [5.41, 5.74) is 0.379. The van der Waals surface area contributed by atoms with Gasteiger partial charge in [-0.3, -0.25) is 4.79 Å². The molecule has 0 aliphatic rings. The van der Waals surface area contributed by atoms with Crippen LogP contribution in [0.15, 0.2) is 30.5 Å². The number of ketones is 1. The average Bonchev–Trinajstić information content (AvgIpc) is 2.79. The smallest absolute Gasteiger partial charge is 0.408 e. The fourth-order valence-electron chi connectivity index (χ4n) is 1.70. The van der Waals surface area contributed by atoms with Crippen LogP contribution in [-0.4, -0.2) is 27.6 Å². The fourth-order valence-corrected chi connectivity index (χ4v) is 1.92. The van der Waals surface area contributed by atoms with Crippen molar-refractivity contribution in [3.63, 3.8) is 0 Å². The third kappa shape index (κ3) is 2.77. The highest BCUT2D eigenvalue weighted by atomic mass is 35.5. The van der Waals surface area contributed by atoms with Crippen molar-refractivity contribution in [3.05, 3.63) is 51.2 Å². The zero-order chi connectivity index (χ0) is 14.7. The lowest BCUT2D eigenvalue weighted by Crippen LogP contribution is -2.12. The van der Waals surface area contributed by atoms with Crippen molar-refractivity contribution in [2.45, 2.75) is 6.54 Å². The van der Waals surface area contributed by atoms with Gasteiger partial charge in [-0.05, 0) is 17.1 Å². The number of carbonyl (C=O) groups is 1. The number of nitrogens with zero attached hydrogens (tertiary/aromatic N) is 3. The van der Waals surface area contributed by atoms with Gasteiger partial charge in [0.25, 0.3) is 0 Å². The second-order valence-corrected chi connectivity index (χ2v) is 4.29. The van der Waals surface area contributed by atoms with Crippen molar-refractivity contribution in [2.24, 2.45) is 0 Å². The predicted molar refractivity (Wildman–Crippen MR) is 71.2 cm³/mol. The van der Waals surface area contributed by atoms with Crippen LogP contribution < -0.4 is 4.74 Å². The van der Waals surface area contributed by atoms with Crippen LogP contribution >= 0.6 is 11.6 Å². The molecule has 20 heavy (non-hydrogen) atoms. The maximum absolute atomic E-state index is 12.1. The van der Waals surface area contributed by atoms with E-state index in [1.807, 2.05) is 0 Å². The molecular weight excluding hydrogens is 286 g/mol. The number of nitro groups is 1. The number of aromatic nitrogens is 2. The van der Waals surface area contributed by atoms with Crippen LogP contribution in [0.1, 0.15) is 10.4 Å². The topological polar surface area (TPSA) is 87.3 Å². The molecule has 0 amide bonds. The Balaban J connectivity index is 2.24. The van der Waals surface area contributed by atoms with Gasteiger partial charge >= 0.3 is 5.82 Å². The lowest BCUT2D eigenvalue weighted by Gasteiger charge is -2.05. The second-order valence-electron chi connectivity index (χ2n) is 3.88. The number of methoxy groups -OCH3 is 1. The van der Waals surface area contributed by atoms with E-state index in [4.69, 9.17) is 16.3 Å². The molecule has 1 aromatic heterocycles. The summed E-state index contributed by atoms with van der Waals surface area (Å²) < 4.78 is 6.22. The molecule has 2 aromatic rings. The number of hydrogen-bond donors (Lipinski definition) is 0. The van der Waals surface area contributed by atoms with Crippen molar-refractivity contribution >= 4 is 23.2 Å². The van der Waals surface area contributed by atoms with Gasteiger partial charge in [0, 0.05) is 0 Å². The number of rotatable bonds is 5. The monoisotopic (exact) mass is 295 g/mol. The van der Waals surface area contributed by atoms with Crippen LogP contribution in [0.3, 0.4) is 0 Å². The third-order valence-electron chi connectivity index (χ3n) is 2.59. The molecule has 0 N–H and O–H groups in total. The number of halogens is 1. The van der Waals surface area contributed by atoms with Crippen molar-refractivity contribution in [1.82, 2.24) is 9.78 Å². The maximum atomic E-state index is 12.1. The van der Waals surface area contributed by atoms with E-state index in [0.717, 1.165) is 4.68 Å². The van der Waals surface area contributed by atoms with E-state index in [0.29, 0.717) is 11.3 Å². The molecule has 1 heterocycles. The molecule has 8 heteroatoms. The Bertz CT molecular complexity index is 668. The molecule has 0 bridgehead atoms. The third-order valence-corrected chi connectivity index (χ3v) is 2.85. The van der Waals surface area contributed by atoms with Gasteiger partial charge in [0.05, 0.1) is 24.0 Å². The van der Waals surface area contributed by atoms with Gasteiger partial charge < -0.3 is 14.9 Å². The predicted octanol–water partition coefficient (Wildman–Crippen LogP) is 2.34. The van der Waals surface area contributed by atoms with Crippen molar-refractivity contribution in [3.8, 4) is 5.75 Å². The van der Waals surface area contributed by atoms with Crippen LogP contribution in [0.25, 0.3) is 0 Å². The zero-order valence-corrected chi connectivity index (χ0v) is 11.2. The molecule has 104 valence electrons. The highest BCUT2D eigenvalue weighted by Gasteiger charge is 2.21. The summed E-state index contributed by atoms with van der Waals surface area (Å²) in [6, 6.07) is 6.71. The van der Waals surface area contributed by atoms with Crippen LogP contribution in [0, 0.1) is 10.1 Å². The summed E-state index contributed by atoms with van der Waals surface area (Å²) in [5.74, 6) is -0.318. The normalized spacial score (nSPS) is 10.3. The first-order valence-electron chi connectivity index (χ1n) is 5.56. The van der Waals surface area contributed by atoms with Crippen LogP contribution in [-0.2, 0) is 6.54 Å². The molecule has 0 radical (unpaired) electrons. The Hall–Kier alpha value is -2.41. The van der Waals surface area contributed by atoms with Crippen molar-refractivity contribution < 1.29 is 14.5 Å². The van der Waals surface area contributed by atoms with Gasteiger partial charge in [0.15, 0.2) is 10.8 Å². The Morgan fingerprint density at radius 1 is 1.50 bits per heavy atom. The standard InChI is InChI=1S/C12H10ClN3O4/c1-20-11-5-3-2-4-8(11)10(17)7-15-6-9(13)12(14-15)16(18)19/h2-6H,7H2,1H3. The van der Waals surface area contributed by atoms with E-state index in [2.05, 4.69) is 5.10 Å². The highest BCUT2D eigenvalue weighted by molar-refractivity contribution is 6.32. The summed E-state index contributed by atoms with van der Waals surface area (Å²) >= 11 is 5.67. The van der Waals surface area contributed by atoms with Gasteiger partial charge in [-0.2, -0.15) is 4.68 Å². The van der Waals surface area contributed by atoms with Crippen LogP contribution in [0.5, 0.6) is 5.75 Å². The molecule has 2 rings (SSSR count). The van der Waals surface area contributed by atoms with Gasteiger partial charge in [0.1, 0.15) is 12.3 Å². The first-order valence-corrected chi connectivity index (χ1v) is 5.94. The lowest BCUT2D eigenvalue weighted by atomic mass is 10.1. The zero-order valence-electron chi connectivity index (χ0n) is 10.4. The number of ether oxygens (including phenoxy) is 1. The summed E-state index contributed by atoms with van der Waals surface area (Å²) in [6.07, 6.45) is 1.24. The first-order chi connectivity index (χ1) is 9.52. The summed E-state index contributed by atoms with van der Waals surface area (Å²) in [6.45, 7) is -0.159. The van der Waals surface area contributed by atoms with E-state index in [9.17, 15) is 14.9 Å². The Morgan fingerprint density at radius 3 is 2.80 bits per heavy atom. The first kappa shape index (κ1) is 14.0. The summed E-state index contributed by atoms with van der Waals surface area (Å²) in [4.78, 5) is 22.1. The number of hydrogen-bond acceptors (Lipinski definition) is 5. The van der Waals surface area contributed by atoms with E-state index >= 15 is 0 Å². The molecule has 0 aliphatic heterocycles. The van der Waals surface area contributed by atoms with Crippen molar-refractivity contribution in [1.29, 1.82) is 0 Å². The van der Waals surface area contributed by atoms with E-state index in [-0.39, 0.29) is 17.4 Å². The van der Waals surface area contributed by atoms with Gasteiger partial charge in [-0.1, -0.05) is 23.7 Å². The van der Waals surface area contributed by atoms with Crippen LogP contribution in [0.4, 0.5) is 5.82 Å². The molecule has 0 spiro atoms. The number of benzene rings is 1. The molecule has 7 nitrogen and oxygen atoms in total.